The molecule has 1 N–H and O–H groups in total. The first-order chi connectivity index (χ1) is 13.9. The van der Waals surface area contributed by atoms with Crippen molar-refractivity contribution in [2.45, 2.75) is 71.3 Å². The molecule has 0 rings (SSSR count). The van der Waals surface area contributed by atoms with Crippen LogP contribution in [0.4, 0.5) is 0 Å². The second-order valence-corrected chi connectivity index (χ2v) is 9.85. The van der Waals surface area contributed by atoms with Gasteiger partial charge >= 0.3 is 19.8 Å². The van der Waals surface area contributed by atoms with E-state index in [1.807, 2.05) is 21.1 Å². The second kappa shape index (κ2) is 15.8. The highest BCUT2D eigenvalue weighted by Gasteiger charge is 2.26. The average molecular weight is 455 g/mol. The number of nitrogens with zero attached hydrogens (tertiary/aromatic N) is 1. The van der Waals surface area contributed by atoms with Gasteiger partial charge in [-0.3, -0.25) is 18.6 Å². The predicted octanol–water partition coefficient (Wildman–Crippen LogP) is 3.44. The summed E-state index contributed by atoms with van der Waals surface area (Å²) in [4.78, 5) is 32.9. The Kier molecular flexibility index (Phi) is 15.2. The minimum atomic E-state index is -4.30. The third-order valence-electron chi connectivity index (χ3n) is 4.20. The molecule has 178 valence electrons. The number of rotatable bonds is 18. The van der Waals surface area contributed by atoms with Crippen molar-refractivity contribution in [3.8, 4) is 0 Å². The molecule has 2 atom stereocenters. The first-order valence-corrected chi connectivity index (χ1v) is 12.2. The molecule has 0 aromatic rings. The van der Waals surface area contributed by atoms with E-state index in [2.05, 4.69) is 6.92 Å². The normalized spacial score (nSPS) is 14.7. The van der Waals surface area contributed by atoms with Crippen LogP contribution in [0.25, 0.3) is 0 Å². The van der Waals surface area contributed by atoms with Gasteiger partial charge in [-0.05, 0) is 6.42 Å². The van der Waals surface area contributed by atoms with E-state index in [-0.39, 0.29) is 19.6 Å². The Balaban J connectivity index is 4.36. The summed E-state index contributed by atoms with van der Waals surface area (Å²) in [5.74, 6) is -1.00. The Labute approximate surface area is 181 Å². The molecule has 10 heteroatoms. The maximum atomic E-state index is 12.1. The van der Waals surface area contributed by atoms with Crippen molar-refractivity contribution in [2.24, 2.45) is 0 Å². The summed E-state index contributed by atoms with van der Waals surface area (Å²) in [5, 5.41) is 0. The summed E-state index contributed by atoms with van der Waals surface area (Å²) in [6.07, 6.45) is 6.77. The number of quaternary nitrogens is 1. The van der Waals surface area contributed by atoms with Gasteiger partial charge in [0.25, 0.3) is 0 Å². The van der Waals surface area contributed by atoms with Crippen molar-refractivity contribution in [2.75, 3.05) is 47.5 Å². The lowest BCUT2D eigenvalue weighted by Crippen LogP contribution is -2.37. The molecule has 0 amide bonds. The number of ether oxygens (including phenoxy) is 2. The molecule has 0 heterocycles. The van der Waals surface area contributed by atoms with E-state index >= 15 is 0 Å². The van der Waals surface area contributed by atoms with Crippen LogP contribution in [0.2, 0.25) is 0 Å². The van der Waals surface area contributed by atoms with Crippen LogP contribution in [0.1, 0.15) is 65.2 Å². The molecule has 0 radical (unpaired) electrons. The number of carbonyl (C=O) groups is 2. The lowest BCUT2D eigenvalue weighted by molar-refractivity contribution is -0.870. The van der Waals surface area contributed by atoms with E-state index in [0.29, 0.717) is 17.4 Å². The van der Waals surface area contributed by atoms with Crippen molar-refractivity contribution >= 4 is 19.8 Å². The van der Waals surface area contributed by atoms with Crippen molar-refractivity contribution in [3.63, 3.8) is 0 Å². The lowest BCUT2D eigenvalue weighted by atomic mass is 10.1. The quantitative estimate of drug-likeness (QED) is 0.145. The monoisotopic (exact) mass is 454 g/mol. The van der Waals surface area contributed by atoms with E-state index < -0.39 is 32.5 Å². The van der Waals surface area contributed by atoms with Gasteiger partial charge in [-0.25, -0.2) is 4.57 Å². The van der Waals surface area contributed by atoms with Gasteiger partial charge in [-0.2, -0.15) is 0 Å². The van der Waals surface area contributed by atoms with Crippen LogP contribution in [0.15, 0.2) is 0 Å². The summed E-state index contributed by atoms with van der Waals surface area (Å²) in [7, 11) is 1.46. The average Bonchev–Trinajstić information content (AvgIpc) is 2.61. The molecule has 0 aliphatic rings. The minimum absolute atomic E-state index is 0.0317. The first kappa shape index (κ1) is 29.0. The number of unbranched alkanes of at least 4 members (excludes halogenated alkanes) is 6. The molecule has 0 aliphatic carbocycles. The van der Waals surface area contributed by atoms with Crippen molar-refractivity contribution in [3.05, 3.63) is 0 Å². The highest BCUT2D eigenvalue weighted by atomic mass is 31.2. The van der Waals surface area contributed by atoms with Crippen LogP contribution in [-0.2, 0) is 32.7 Å². The van der Waals surface area contributed by atoms with Gasteiger partial charge in [0, 0.05) is 13.3 Å². The van der Waals surface area contributed by atoms with E-state index in [9.17, 15) is 19.0 Å². The van der Waals surface area contributed by atoms with Crippen LogP contribution >= 0.6 is 7.82 Å². The smallest absolute Gasteiger partial charge is 0.462 e. The molecule has 0 spiro atoms. The first-order valence-electron chi connectivity index (χ1n) is 10.7. The highest BCUT2D eigenvalue weighted by Crippen LogP contribution is 2.43. The number of likely N-dealkylation sites (N-methyl/N-ethyl adjacent to an activating group) is 1. The van der Waals surface area contributed by atoms with E-state index in [0.717, 1.165) is 19.3 Å². The van der Waals surface area contributed by atoms with Gasteiger partial charge < -0.3 is 18.9 Å². The van der Waals surface area contributed by atoms with E-state index in [4.69, 9.17) is 18.5 Å². The zero-order valence-electron chi connectivity index (χ0n) is 19.3. The molecule has 0 aliphatic heterocycles. The Bertz CT molecular complexity index is 535. The molecular weight excluding hydrogens is 413 g/mol. The summed E-state index contributed by atoms with van der Waals surface area (Å²) >= 11 is 0. The Morgan fingerprint density at radius 2 is 1.57 bits per heavy atom. The molecule has 0 fully saturated rings. The number of esters is 2. The van der Waals surface area contributed by atoms with Gasteiger partial charge in [-0.1, -0.05) is 45.4 Å². The van der Waals surface area contributed by atoms with E-state index in [1.54, 1.807) is 0 Å². The molecule has 0 saturated heterocycles. The third kappa shape index (κ3) is 19.0. The SMILES string of the molecule is CCCCCCCCCC(=O)OC(COC(C)=O)COP(=O)(O)OCC[N+](C)(C)C. The Hall–Kier alpha value is -0.990. The second-order valence-electron chi connectivity index (χ2n) is 8.40. The molecule has 0 bridgehead atoms. The largest absolute Gasteiger partial charge is 0.472 e. The minimum Gasteiger partial charge on any atom is -0.462 e. The maximum absolute atomic E-state index is 12.1. The van der Waals surface area contributed by atoms with Crippen molar-refractivity contribution in [1.82, 2.24) is 0 Å². The topological polar surface area (TPSA) is 108 Å². The third-order valence-corrected chi connectivity index (χ3v) is 5.18. The summed E-state index contributed by atoms with van der Waals surface area (Å²) < 4.78 is 32.6. The fraction of sp³-hybridized carbons (Fsp3) is 0.900. The molecule has 0 aromatic heterocycles. The summed E-state index contributed by atoms with van der Waals surface area (Å²) in [5.41, 5.74) is 0. The molecule has 0 aromatic carbocycles. The molecule has 2 unspecified atom stereocenters. The van der Waals surface area contributed by atoms with Crippen molar-refractivity contribution in [1.29, 1.82) is 0 Å². The lowest BCUT2D eigenvalue weighted by Gasteiger charge is -2.24. The zero-order valence-corrected chi connectivity index (χ0v) is 20.2. The molecule has 30 heavy (non-hydrogen) atoms. The fourth-order valence-corrected chi connectivity index (χ4v) is 3.18. The van der Waals surface area contributed by atoms with Gasteiger partial charge in [0.15, 0.2) is 6.10 Å². The molecule has 0 saturated carbocycles. The standard InChI is InChI=1S/C20H40NO8P/c1-6-7-8-9-10-11-12-13-20(23)29-19(16-26-18(2)22)17-28-30(24,25)27-15-14-21(3,4)5/h19H,6-17H2,1-5H3/p+1. The predicted molar refractivity (Wildman–Crippen MR) is 114 cm³/mol. The fourth-order valence-electron chi connectivity index (χ4n) is 2.44. The van der Waals surface area contributed by atoms with Crippen LogP contribution in [0.3, 0.4) is 0 Å². The van der Waals surface area contributed by atoms with Gasteiger partial charge in [0.1, 0.15) is 19.8 Å². The molecule has 9 nitrogen and oxygen atoms in total. The number of hydrogen-bond donors (Lipinski definition) is 1. The zero-order chi connectivity index (χ0) is 23.0. The van der Waals surface area contributed by atoms with Crippen LogP contribution in [-0.4, -0.2) is 74.9 Å². The van der Waals surface area contributed by atoms with Crippen molar-refractivity contribution < 1.29 is 42.1 Å². The van der Waals surface area contributed by atoms with Gasteiger partial charge in [0.05, 0.1) is 27.7 Å². The van der Waals surface area contributed by atoms with Crippen LogP contribution in [0.5, 0.6) is 0 Å². The number of phosphoric acid groups is 1. The number of phosphoric ester groups is 1. The highest BCUT2D eigenvalue weighted by molar-refractivity contribution is 7.47. The van der Waals surface area contributed by atoms with Crippen LogP contribution < -0.4 is 0 Å². The Morgan fingerprint density at radius 1 is 0.967 bits per heavy atom. The number of hydrogen-bond acceptors (Lipinski definition) is 7. The van der Waals surface area contributed by atoms with Gasteiger partial charge in [0.2, 0.25) is 0 Å². The summed E-state index contributed by atoms with van der Waals surface area (Å²) in [6.45, 7) is 3.27. The van der Waals surface area contributed by atoms with Crippen LogP contribution in [0, 0.1) is 0 Å². The van der Waals surface area contributed by atoms with E-state index in [1.165, 1.54) is 26.2 Å². The summed E-state index contributed by atoms with van der Waals surface area (Å²) in [6, 6.07) is 0. The Morgan fingerprint density at radius 3 is 2.13 bits per heavy atom. The molecular formula is C20H41NO8P+. The maximum Gasteiger partial charge on any atom is 0.472 e. The van der Waals surface area contributed by atoms with Gasteiger partial charge in [-0.15, -0.1) is 0 Å². The number of carbonyl (C=O) groups excluding carboxylic acids is 2.